The summed E-state index contributed by atoms with van der Waals surface area (Å²) in [7, 11) is 0. The predicted molar refractivity (Wildman–Crippen MR) is 66.6 cm³/mol. The molecule has 4 heteroatoms. The van der Waals surface area contributed by atoms with Crippen molar-refractivity contribution >= 4 is 5.84 Å². The van der Waals surface area contributed by atoms with Crippen molar-refractivity contribution in [2.24, 2.45) is 22.2 Å². The first-order valence-corrected chi connectivity index (χ1v) is 6.20. The van der Waals surface area contributed by atoms with E-state index in [4.69, 9.17) is 10.9 Å². The van der Waals surface area contributed by atoms with Crippen molar-refractivity contribution in [3.8, 4) is 0 Å². The molecular formula is C12H25N3O. The first kappa shape index (κ1) is 13.3. The number of hydrogen-bond acceptors (Lipinski definition) is 3. The summed E-state index contributed by atoms with van der Waals surface area (Å²) < 4.78 is 0. The molecule has 0 bridgehead atoms. The van der Waals surface area contributed by atoms with Gasteiger partial charge in [0, 0.05) is 12.0 Å². The van der Waals surface area contributed by atoms with Crippen LogP contribution in [-0.4, -0.2) is 35.6 Å². The zero-order chi connectivity index (χ0) is 12.2. The number of nitrogens with zero attached hydrogens (tertiary/aromatic N) is 2. The first-order valence-electron chi connectivity index (χ1n) is 6.20. The Hall–Kier alpha value is -0.770. The van der Waals surface area contributed by atoms with Gasteiger partial charge in [-0.15, -0.1) is 0 Å². The molecule has 16 heavy (non-hydrogen) atoms. The molecule has 0 amide bonds. The van der Waals surface area contributed by atoms with Crippen molar-refractivity contribution in [3.05, 3.63) is 0 Å². The zero-order valence-electron chi connectivity index (χ0n) is 10.7. The van der Waals surface area contributed by atoms with Crippen molar-refractivity contribution in [1.82, 2.24) is 4.90 Å². The fourth-order valence-electron chi connectivity index (χ4n) is 1.75. The predicted octanol–water partition coefficient (Wildman–Crippen LogP) is 1.88. The van der Waals surface area contributed by atoms with Crippen LogP contribution in [0.5, 0.6) is 0 Å². The van der Waals surface area contributed by atoms with Crippen LogP contribution in [0.3, 0.4) is 0 Å². The molecule has 0 aliphatic heterocycles. The smallest absolute Gasteiger partial charge is 0.144 e. The third-order valence-electron chi connectivity index (χ3n) is 3.51. The fourth-order valence-corrected chi connectivity index (χ4v) is 1.75. The highest BCUT2D eigenvalue weighted by Crippen LogP contribution is 2.30. The maximum atomic E-state index is 8.70. The monoisotopic (exact) mass is 227 g/mol. The van der Waals surface area contributed by atoms with Crippen LogP contribution in [0.4, 0.5) is 0 Å². The van der Waals surface area contributed by atoms with E-state index in [-0.39, 0.29) is 5.41 Å². The molecule has 1 fully saturated rings. The summed E-state index contributed by atoms with van der Waals surface area (Å²) >= 11 is 0. The molecule has 1 aliphatic rings. The van der Waals surface area contributed by atoms with E-state index in [0.717, 1.165) is 25.4 Å². The Morgan fingerprint density at radius 2 is 2.12 bits per heavy atom. The van der Waals surface area contributed by atoms with E-state index in [9.17, 15) is 0 Å². The number of hydrogen-bond donors (Lipinski definition) is 2. The van der Waals surface area contributed by atoms with Crippen LogP contribution >= 0.6 is 0 Å². The van der Waals surface area contributed by atoms with Gasteiger partial charge in [-0.25, -0.2) is 0 Å². The van der Waals surface area contributed by atoms with Crippen molar-refractivity contribution < 1.29 is 5.21 Å². The van der Waals surface area contributed by atoms with Crippen LogP contribution in [0, 0.1) is 11.3 Å². The molecule has 0 spiro atoms. The van der Waals surface area contributed by atoms with Crippen molar-refractivity contribution in [3.63, 3.8) is 0 Å². The highest BCUT2D eigenvalue weighted by molar-refractivity contribution is 5.85. The molecule has 1 rings (SSSR count). The number of oxime groups is 1. The first-order chi connectivity index (χ1) is 7.49. The van der Waals surface area contributed by atoms with Crippen LogP contribution in [-0.2, 0) is 0 Å². The maximum Gasteiger partial charge on any atom is 0.144 e. The van der Waals surface area contributed by atoms with E-state index < -0.39 is 0 Å². The van der Waals surface area contributed by atoms with E-state index in [1.807, 2.05) is 13.8 Å². The lowest BCUT2D eigenvalue weighted by molar-refractivity contribution is 0.242. The maximum absolute atomic E-state index is 8.70. The normalized spacial score (nSPS) is 18.1. The molecule has 0 saturated heterocycles. The van der Waals surface area contributed by atoms with Crippen molar-refractivity contribution in [1.29, 1.82) is 0 Å². The van der Waals surface area contributed by atoms with Crippen molar-refractivity contribution in [2.75, 3.05) is 19.6 Å². The third kappa shape index (κ3) is 4.00. The lowest BCUT2D eigenvalue weighted by atomic mass is 9.88. The average molecular weight is 227 g/mol. The minimum atomic E-state index is -0.217. The summed E-state index contributed by atoms with van der Waals surface area (Å²) in [6, 6.07) is 0. The molecular weight excluding hydrogens is 202 g/mol. The molecule has 1 aliphatic carbocycles. The molecule has 1 saturated carbocycles. The molecule has 0 radical (unpaired) electrons. The van der Waals surface area contributed by atoms with Gasteiger partial charge in [0.1, 0.15) is 5.84 Å². The Morgan fingerprint density at radius 1 is 1.50 bits per heavy atom. The van der Waals surface area contributed by atoms with E-state index in [0.29, 0.717) is 5.84 Å². The molecule has 0 aromatic carbocycles. The number of rotatable bonds is 7. The van der Waals surface area contributed by atoms with Crippen LogP contribution in [0.2, 0.25) is 0 Å². The van der Waals surface area contributed by atoms with Gasteiger partial charge in [-0.05, 0) is 38.3 Å². The highest BCUT2D eigenvalue weighted by Gasteiger charge is 2.27. The van der Waals surface area contributed by atoms with Gasteiger partial charge in [0.15, 0.2) is 0 Å². The summed E-state index contributed by atoms with van der Waals surface area (Å²) in [5.41, 5.74) is 5.46. The van der Waals surface area contributed by atoms with Crippen LogP contribution in [0.1, 0.15) is 40.0 Å². The minimum Gasteiger partial charge on any atom is -0.409 e. The van der Waals surface area contributed by atoms with Gasteiger partial charge >= 0.3 is 0 Å². The summed E-state index contributed by atoms with van der Waals surface area (Å²) in [6.07, 6.45) is 3.71. The molecule has 94 valence electrons. The van der Waals surface area contributed by atoms with E-state index in [1.165, 1.54) is 19.4 Å². The molecule has 0 heterocycles. The van der Waals surface area contributed by atoms with Crippen LogP contribution in [0.25, 0.3) is 0 Å². The van der Waals surface area contributed by atoms with Gasteiger partial charge in [-0.3, -0.25) is 0 Å². The Morgan fingerprint density at radius 3 is 2.56 bits per heavy atom. The van der Waals surface area contributed by atoms with Gasteiger partial charge in [0.25, 0.3) is 0 Å². The van der Waals surface area contributed by atoms with E-state index in [2.05, 4.69) is 17.0 Å². The fraction of sp³-hybridized carbons (Fsp3) is 0.917. The van der Waals surface area contributed by atoms with Gasteiger partial charge in [0.05, 0.1) is 0 Å². The van der Waals surface area contributed by atoms with Crippen LogP contribution < -0.4 is 5.73 Å². The minimum absolute atomic E-state index is 0.217. The van der Waals surface area contributed by atoms with Crippen molar-refractivity contribution in [2.45, 2.75) is 40.0 Å². The summed E-state index contributed by atoms with van der Waals surface area (Å²) in [5, 5.41) is 11.8. The molecule has 0 aromatic heterocycles. The molecule has 0 aromatic rings. The number of nitrogens with two attached hydrogens (primary N) is 1. The Bertz CT molecular complexity index is 247. The second kappa shape index (κ2) is 5.53. The highest BCUT2D eigenvalue weighted by atomic mass is 16.4. The van der Waals surface area contributed by atoms with Crippen LogP contribution in [0.15, 0.2) is 5.16 Å². The third-order valence-corrected chi connectivity index (χ3v) is 3.51. The quantitative estimate of drug-likeness (QED) is 0.302. The second-order valence-electron chi connectivity index (χ2n) is 5.46. The SMILES string of the molecule is CCN(CCC(C)(C)C(N)=NO)CC1CC1. The molecule has 4 nitrogen and oxygen atoms in total. The Labute approximate surface area is 98.5 Å². The number of amidine groups is 1. The second-order valence-corrected chi connectivity index (χ2v) is 5.46. The topological polar surface area (TPSA) is 61.8 Å². The Kier molecular flexibility index (Phi) is 4.59. The largest absolute Gasteiger partial charge is 0.409 e. The summed E-state index contributed by atoms with van der Waals surface area (Å²) in [6.45, 7) is 9.56. The van der Waals surface area contributed by atoms with Gasteiger partial charge in [-0.2, -0.15) is 0 Å². The summed E-state index contributed by atoms with van der Waals surface area (Å²) in [5.74, 6) is 1.25. The van der Waals surface area contributed by atoms with E-state index >= 15 is 0 Å². The zero-order valence-corrected chi connectivity index (χ0v) is 10.7. The molecule has 3 N–H and O–H groups in total. The average Bonchev–Trinajstić information content (AvgIpc) is 3.06. The molecule has 0 unspecified atom stereocenters. The van der Waals surface area contributed by atoms with Gasteiger partial charge in [-0.1, -0.05) is 25.9 Å². The van der Waals surface area contributed by atoms with Gasteiger partial charge < -0.3 is 15.8 Å². The lowest BCUT2D eigenvalue weighted by Gasteiger charge is -2.27. The Balaban J connectivity index is 2.35. The van der Waals surface area contributed by atoms with Gasteiger partial charge in [0.2, 0.25) is 0 Å². The lowest BCUT2D eigenvalue weighted by Crippen LogP contribution is -2.36. The summed E-state index contributed by atoms with van der Waals surface area (Å²) in [4.78, 5) is 2.46. The standard InChI is InChI=1S/C12H25N3O/c1-4-15(9-10-5-6-10)8-7-12(2,3)11(13)14-16/h10,16H,4-9H2,1-3H3,(H2,13,14). The molecule has 0 atom stereocenters. The van der Waals surface area contributed by atoms with E-state index in [1.54, 1.807) is 0 Å².